The zero-order chi connectivity index (χ0) is 25.1. The van der Waals surface area contributed by atoms with Gasteiger partial charge in [-0.25, -0.2) is 8.78 Å². The molecule has 0 aliphatic heterocycles. The normalized spacial score (nSPS) is 16.7. The molecule has 2 aromatic rings. The lowest BCUT2D eigenvalue weighted by molar-refractivity contribution is -0.0475. The van der Waals surface area contributed by atoms with E-state index in [1.165, 1.54) is 31.7 Å². The Morgan fingerprint density at radius 1 is 0.857 bits per heavy atom. The fourth-order valence-electron chi connectivity index (χ4n) is 4.77. The van der Waals surface area contributed by atoms with E-state index >= 15 is 8.78 Å². The van der Waals surface area contributed by atoms with Crippen LogP contribution in [-0.2, 0) is 12.3 Å². The van der Waals surface area contributed by atoms with Crippen molar-refractivity contribution in [2.24, 2.45) is 0 Å². The van der Waals surface area contributed by atoms with Gasteiger partial charge in [-0.05, 0) is 48.9 Å². The third kappa shape index (κ3) is 7.62. The van der Waals surface area contributed by atoms with Crippen molar-refractivity contribution in [3.63, 3.8) is 0 Å². The van der Waals surface area contributed by atoms with E-state index in [4.69, 9.17) is 9.47 Å². The van der Waals surface area contributed by atoms with E-state index in [9.17, 15) is 4.39 Å². The Morgan fingerprint density at radius 3 is 2.14 bits per heavy atom. The molecule has 1 aliphatic rings. The molecule has 1 unspecified atom stereocenters. The number of benzene rings is 1. The van der Waals surface area contributed by atoms with Crippen LogP contribution in [0.4, 0.5) is 13.2 Å². The van der Waals surface area contributed by atoms with Crippen LogP contribution in [0.25, 0.3) is 0 Å². The third-order valence-electron chi connectivity index (χ3n) is 6.80. The SMILES string of the molecule is CCCCCCCCOc1cc2c(c(F)n1)C(F)(F)C(c1ccc(OCCCCCC)cc1)CC2. The Morgan fingerprint density at radius 2 is 1.46 bits per heavy atom. The smallest absolute Gasteiger partial charge is 0.284 e. The molecule has 0 saturated heterocycles. The average Bonchev–Trinajstić information content (AvgIpc) is 2.83. The number of halogens is 3. The predicted octanol–water partition coefficient (Wildman–Crippen LogP) is 8.74. The zero-order valence-electron chi connectivity index (χ0n) is 21.3. The summed E-state index contributed by atoms with van der Waals surface area (Å²) in [5, 5.41) is 0. The molecule has 1 atom stereocenters. The number of nitrogens with zero attached hydrogens (tertiary/aromatic N) is 1. The molecule has 3 nitrogen and oxygen atoms in total. The minimum Gasteiger partial charge on any atom is -0.494 e. The van der Waals surface area contributed by atoms with Crippen LogP contribution >= 0.6 is 0 Å². The van der Waals surface area contributed by atoms with Crippen molar-refractivity contribution in [2.75, 3.05) is 13.2 Å². The van der Waals surface area contributed by atoms with E-state index in [2.05, 4.69) is 18.8 Å². The topological polar surface area (TPSA) is 31.4 Å². The number of aryl methyl sites for hydroxylation is 1. The largest absolute Gasteiger partial charge is 0.494 e. The number of rotatable bonds is 15. The second-order valence-electron chi connectivity index (χ2n) is 9.59. The van der Waals surface area contributed by atoms with Gasteiger partial charge in [0.2, 0.25) is 11.8 Å². The maximum absolute atomic E-state index is 15.5. The van der Waals surface area contributed by atoms with Gasteiger partial charge in [-0.3, -0.25) is 0 Å². The second-order valence-corrected chi connectivity index (χ2v) is 9.59. The lowest BCUT2D eigenvalue weighted by atomic mass is 9.77. The van der Waals surface area contributed by atoms with Gasteiger partial charge in [0, 0.05) is 6.07 Å². The van der Waals surface area contributed by atoms with Gasteiger partial charge in [0.25, 0.3) is 5.92 Å². The van der Waals surface area contributed by atoms with Gasteiger partial charge in [0.05, 0.1) is 24.7 Å². The van der Waals surface area contributed by atoms with Gasteiger partial charge in [-0.15, -0.1) is 0 Å². The van der Waals surface area contributed by atoms with Crippen molar-refractivity contribution in [1.29, 1.82) is 0 Å². The highest BCUT2D eigenvalue weighted by Crippen LogP contribution is 2.50. The molecule has 35 heavy (non-hydrogen) atoms. The third-order valence-corrected chi connectivity index (χ3v) is 6.80. The van der Waals surface area contributed by atoms with Crippen molar-refractivity contribution in [1.82, 2.24) is 4.98 Å². The summed E-state index contributed by atoms with van der Waals surface area (Å²) in [6.07, 6.45) is 11.7. The summed E-state index contributed by atoms with van der Waals surface area (Å²) in [5.74, 6) is -4.79. The van der Waals surface area contributed by atoms with E-state index in [1.807, 2.05) is 0 Å². The monoisotopic (exact) mass is 491 g/mol. The van der Waals surface area contributed by atoms with Crippen molar-refractivity contribution in [3.05, 3.63) is 53.0 Å². The Hall–Kier alpha value is -2.24. The van der Waals surface area contributed by atoms with Crippen LogP contribution < -0.4 is 9.47 Å². The van der Waals surface area contributed by atoms with Crippen LogP contribution in [-0.4, -0.2) is 18.2 Å². The standard InChI is InChI=1S/C29H40F3NO2/c1-3-5-7-9-10-12-20-35-26-21-23-15-18-25(29(31,32)27(23)28(30)33-26)22-13-16-24(17-14-22)34-19-11-8-6-4-2/h13-14,16-17,21,25H,3-12,15,18-20H2,1-2H3. The molecule has 0 spiro atoms. The molecule has 3 rings (SSSR count). The molecule has 0 N–H and O–H groups in total. The summed E-state index contributed by atoms with van der Waals surface area (Å²) in [5.41, 5.74) is 0.197. The first-order chi connectivity index (χ1) is 17.0. The first-order valence-corrected chi connectivity index (χ1v) is 13.4. The Balaban J connectivity index is 1.59. The van der Waals surface area contributed by atoms with Crippen LogP contribution in [0.3, 0.4) is 0 Å². The Kier molecular flexibility index (Phi) is 10.7. The minimum absolute atomic E-state index is 0.101. The number of alkyl halides is 2. The van der Waals surface area contributed by atoms with Crippen molar-refractivity contribution < 1.29 is 22.6 Å². The summed E-state index contributed by atoms with van der Waals surface area (Å²) in [6, 6.07) is 8.31. The molecule has 1 aromatic heterocycles. The van der Waals surface area contributed by atoms with Crippen LogP contribution in [0, 0.1) is 5.95 Å². The molecule has 0 fully saturated rings. The number of hydrogen-bond donors (Lipinski definition) is 0. The number of fused-ring (bicyclic) bond motifs is 1. The molecule has 1 aromatic carbocycles. The summed E-state index contributed by atoms with van der Waals surface area (Å²) in [6.45, 7) is 5.37. The molecule has 1 heterocycles. The van der Waals surface area contributed by atoms with E-state index in [0.717, 1.165) is 38.5 Å². The van der Waals surface area contributed by atoms with Crippen LogP contribution in [0.1, 0.15) is 107 Å². The highest BCUT2D eigenvalue weighted by atomic mass is 19.3. The molecular formula is C29H40F3NO2. The van der Waals surface area contributed by atoms with Gasteiger partial charge in [0.15, 0.2) is 0 Å². The van der Waals surface area contributed by atoms with E-state index in [0.29, 0.717) is 36.5 Å². The highest BCUT2D eigenvalue weighted by Gasteiger charge is 2.49. The molecule has 1 aliphatic carbocycles. The first kappa shape index (κ1) is 27.3. The number of hydrogen-bond acceptors (Lipinski definition) is 3. The van der Waals surface area contributed by atoms with Crippen LogP contribution in [0.15, 0.2) is 30.3 Å². The maximum atomic E-state index is 15.5. The lowest BCUT2D eigenvalue weighted by Gasteiger charge is -2.33. The summed E-state index contributed by atoms with van der Waals surface area (Å²) in [4.78, 5) is 3.74. The zero-order valence-corrected chi connectivity index (χ0v) is 21.3. The van der Waals surface area contributed by atoms with E-state index < -0.39 is 23.4 Å². The molecule has 0 bridgehead atoms. The fraction of sp³-hybridized carbons (Fsp3) is 0.621. The maximum Gasteiger partial charge on any atom is 0.284 e. The summed E-state index contributed by atoms with van der Waals surface area (Å²) < 4.78 is 57.1. The van der Waals surface area contributed by atoms with Crippen LogP contribution in [0.2, 0.25) is 0 Å². The first-order valence-electron chi connectivity index (χ1n) is 13.4. The van der Waals surface area contributed by atoms with Gasteiger partial charge in [0.1, 0.15) is 5.75 Å². The average molecular weight is 492 g/mol. The number of pyridine rings is 1. The summed E-state index contributed by atoms with van der Waals surface area (Å²) >= 11 is 0. The molecule has 0 amide bonds. The Labute approximate surface area is 208 Å². The number of aromatic nitrogens is 1. The quantitative estimate of drug-likeness (QED) is 0.184. The van der Waals surface area contributed by atoms with Crippen molar-refractivity contribution >= 4 is 0 Å². The number of unbranched alkanes of at least 4 members (excludes halogenated alkanes) is 8. The van der Waals surface area contributed by atoms with Gasteiger partial charge < -0.3 is 9.47 Å². The molecular weight excluding hydrogens is 451 g/mol. The Bertz CT molecular complexity index is 902. The highest BCUT2D eigenvalue weighted by molar-refractivity contribution is 5.41. The second kappa shape index (κ2) is 13.7. The van der Waals surface area contributed by atoms with Gasteiger partial charge in [-0.1, -0.05) is 77.3 Å². The molecule has 6 heteroatoms. The van der Waals surface area contributed by atoms with E-state index in [1.54, 1.807) is 24.3 Å². The fourth-order valence-corrected chi connectivity index (χ4v) is 4.77. The van der Waals surface area contributed by atoms with Crippen LogP contribution in [0.5, 0.6) is 11.6 Å². The molecule has 0 saturated carbocycles. The molecule has 0 radical (unpaired) electrons. The minimum atomic E-state index is -3.34. The van der Waals surface area contributed by atoms with E-state index in [-0.39, 0.29) is 12.3 Å². The van der Waals surface area contributed by atoms with Crippen molar-refractivity contribution in [3.8, 4) is 11.6 Å². The van der Waals surface area contributed by atoms with Gasteiger partial charge >= 0.3 is 0 Å². The predicted molar refractivity (Wildman–Crippen MR) is 134 cm³/mol. The van der Waals surface area contributed by atoms with Crippen molar-refractivity contribution in [2.45, 2.75) is 103 Å². The van der Waals surface area contributed by atoms with Gasteiger partial charge in [-0.2, -0.15) is 9.37 Å². The lowest BCUT2D eigenvalue weighted by Crippen LogP contribution is -2.32. The molecule has 194 valence electrons. The number of ether oxygens (including phenoxy) is 2. The summed E-state index contributed by atoms with van der Waals surface area (Å²) in [7, 11) is 0.